The molecule has 1 amide bonds. The highest BCUT2D eigenvalue weighted by molar-refractivity contribution is 5.81. The predicted molar refractivity (Wildman–Crippen MR) is 108 cm³/mol. The molecule has 0 fully saturated rings. The van der Waals surface area contributed by atoms with Gasteiger partial charge in [0.25, 0.3) is 6.43 Å². The number of esters is 3. The number of alkyl carbamates (subject to hydrolysis) is 1. The van der Waals surface area contributed by atoms with Gasteiger partial charge in [-0.1, -0.05) is 13.8 Å². The van der Waals surface area contributed by atoms with Crippen molar-refractivity contribution in [1.29, 1.82) is 0 Å². The Morgan fingerprint density at radius 3 is 1.84 bits per heavy atom. The Kier molecular flexibility index (Phi) is 11.5. The van der Waals surface area contributed by atoms with Crippen molar-refractivity contribution in [2.75, 3.05) is 6.54 Å². The molecule has 0 aromatic rings. The summed E-state index contributed by atoms with van der Waals surface area (Å²) >= 11 is 0. The van der Waals surface area contributed by atoms with Crippen molar-refractivity contribution in [2.24, 2.45) is 17.1 Å². The van der Waals surface area contributed by atoms with Crippen LogP contribution in [0.3, 0.4) is 0 Å². The molecule has 12 heteroatoms. The third-order valence-electron chi connectivity index (χ3n) is 3.99. The lowest BCUT2D eigenvalue weighted by Crippen LogP contribution is -2.56. The Bertz CT molecular complexity index is 666. The standard InChI is InChI=1S/C20H34F2N2O8/c1-11(2)14(25)29-12(3)31-17(27)20(23,15(21)22)9-8-10-24-18(28)32-13(4)30-16(26)19(5,6)7/h11-13,15H,8-10,23H2,1-7H3,(H,24,28). The first-order valence-electron chi connectivity index (χ1n) is 10.1. The van der Waals surface area contributed by atoms with Gasteiger partial charge in [-0.25, -0.2) is 18.4 Å². The van der Waals surface area contributed by atoms with E-state index in [4.69, 9.17) is 24.7 Å². The van der Waals surface area contributed by atoms with Crippen LogP contribution in [-0.4, -0.2) is 55.1 Å². The third kappa shape index (κ3) is 10.2. The zero-order valence-electron chi connectivity index (χ0n) is 19.5. The fraction of sp³-hybridized carbons (Fsp3) is 0.800. The summed E-state index contributed by atoms with van der Waals surface area (Å²) in [7, 11) is 0. The van der Waals surface area contributed by atoms with Gasteiger partial charge in [0.15, 0.2) is 5.54 Å². The summed E-state index contributed by atoms with van der Waals surface area (Å²) in [5.41, 5.74) is 2.10. The smallest absolute Gasteiger partial charge is 0.410 e. The van der Waals surface area contributed by atoms with Gasteiger partial charge in [0.1, 0.15) is 0 Å². The van der Waals surface area contributed by atoms with E-state index in [1.807, 2.05) is 0 Å². The van der Waals surface area contributed by atoms with Crippen molar-refractivity contribution < 1.29 is 46.9 Å². The normalized spacial score (nSPS) is 15.4. The maximum Gasteiger partial charge on any atom is 0.410 e. The number of nitrogens with two attached hydrogens (primary N) is 1. The van der Waals surface area contributed by atoms with Crippen molar-refractivity contribution in [3.8, 4) is 0 Å². The molecule has 186 valence electrons. The van der Waals surface area contributed by atoms with Crippen LogP contribution in [0.15, 0.2) is 0 Å². The Labute approximate surface area is 186 Å². The van der Waals surface area contributed by atoms with Crippen LogP contribution >= 0.6 is 0 Å². The third-order valence-corrected chi connectivity index (χ3v) is 3.99. The van der Waals surface area contributed by atoms with Gasteiger partial charge < -0.3 is 30.0 Å². The number of alkyl halides is 2. The van der Waals surface area contributed by atoms with E-state index in [1.165, 1.54) is 13.8 Å². The van der Waals surface area contributed by atoms with Crippen molar-refractivity contribution in [3.05, 3.63) is 0 Å². The lowest BCUT2D eigenvalue weighted by Gasteiger charge is -2.28. The van der Waals surface area contributed by atoms with E-state index in [-0.39, 0.29) is 13.0 Å². The molecule has 3 N–H and O–H groups in total. The number of halogens is 2. The number of hydrogen-bond donors (Lipinski definition) is 2. The molecule has 0 radical (unpaired) electrons. The summed E-state index contributed by atoms with van der Waals surface area (Å²) < 4.78 is 46.3. The van der Waals surface area contributed by atoms with Gasteiger partial charge in [-0.2, -0.15) is 0 Å². The molecule has 32 heavy (non-hydrogen) atoms. The second-order valence-electron chi connectivity index (χ2n) is 8.56. The summed E-state index contributed by atoms with van der Waals surface area (Å²) in [6.07, 6.45) is -7.45. The lowest BCUT2D eigenvalue weighted by atomic mass is 9.95. The molecule has 0 aromatic heterocycles. The zero-order valence-corrected chi connectivity index (χ0v) is 19.5. The van der Waals surface area contributed by atoms with E-state index in [2.05, 4.69) is 5.32 Å². The molecule has 3 atom stereocenters. The number of hydrogen-bond acceptors (Lipinski definition) is 9. The second kappa shape index (κ2) is 12.5. The van der Waals surface area contributed by atoms with Crippen LogP contribution < -0.4 is 11.1 Å². The van der Waals surface area contributed by atoms with Crippen molar-refractivity contribution in [3.63, 3.8) is 0 Å². The summed E-state index contributed by atoms with van der Waals surface area (Å²) in [5, 5.41) is 2.28. The van der Waals surface area contributed by atoms with E-state index >= 15 is 0 Å². The minimum Gasteiger partial charge on any atom is -0.425 e. The average Bonchev–Trinajstić information content (AvgIpc) is 2.63. The fourth-order valence-corrected chi connectivity index (χ4v) is 2.00. The first-order valence-corrected chi connectivity index (χ1v) is 10.1. The Morgan fingerprint density at radius 1 is 0.875 bits per heavy atom. The van der Waals surface area contributed by atoms with E-state index < -0.39 is 66.3 Å². The highest BCUT2D eigenvalue weighted by atomic mass is 19.3. The maximum atomic E-state index is 13.5. The molecule has 0 spiro atoms. The Balaban J connectivity index is 4.60. The highest BCUT2D eigenvalue weighted by Gasteiger charge is 2.45. The molecule has 3 unspecified atom stereocenters. The minimum atomic E-state index is -3.27. The monoisotopic (exact) mass is 468 g/mol. The molecule has 0 rings (SSSR count). The molecule has 0 aliphatic carbocycles. The molecular weight excluding hydrogens is 434 g/mol. The van der Waals surface area contributed by atoms with Gasteiger partial charge in [0.05, 0.1) is 11.3 Å². The van der Waals surface area contributed by atoms with Gasteiger partial charge >= 0.3 is 24.0 Å². The molecule has 0 aromatic carbocycles. The first-order chi connectivity index (χ1) is 14.5. The zero-order chi connectivity index (χ0) is 25.3. The molecule has 0 bridgehead atoms. The topological polar surface area (TPSA) is 143 Å². The number of rotatable bonds is 11. The Morgan fingerprint density at radius 2 is 1.38 bits per heavy atom. The molecule has 0 saturated carbocycles. The Hall–Kier alpha value is -2.50. The lowest BCUT2D eigenvalue weighted by molar-refractivity contribution is -0.194. The number of nitrogens with one attached hydrogen (secondary N) is 1. The molecule has 0 aliphatic heterocycles. The maximum absolute atomic E-state index is 13.5. The van der Waals surface area contributed by atoms with Gasteiger partial charge in [-0.3, -0.25) is 9.59 Å². The number of amides is 1. The molecule has 0 heterocycles. The van der Waals surface area contributed by atoms with E-state index in [1.54, 1.807) is 34.6 Å². The van der Waals surface area contributed by atoms with E-state index in [9.17, 15) is 28.0 Å². The summed E-state index contributed by atoms with van der Waals surface area (Å²) in [6, 6.07) is 0. The second-order valence-corrected chi connectivity index (χ2v) is 8.56. The molecule has 0 saturated heterocycles. The average molecular weight is 468 g/mol. The molecule has 0 aliphatic rings. The van der Waals surface area contributed by atoms with Crippen LogP contribution in [0.5, 0.6) is 0 Å². The number of carbonyl (C=O) groups excluding carboxylic acids is 4. The summed E-state index contributed by atoms with van der Waals surface area (Å²) in [6.45, 7) is 10.4. The summed E-state index contributed by atoms with van der Waals surface area (Å²) in [5.74, 6) is -3.19. The van der Waals surface area contributed by atoms with E-state index in [0.717, 1.165) is 0 Å². The summed E-state index contributed by atoms with van der Waals surface area (Å²) in [4.78, 5) is 47.1. The van der Waals surface area contributed by atoms with E-state index in [0.29, 0.717) is 0 Å². The first kappa shape index (κ1) is 29.5. The minimum absolute atomic E-state index is 0.124. The van der Waals surface area contributed by atoms with Crippen LogP contribution in [-0.2, 0) is 33.3 Å². The van der Waals surface area contributed by atoms with Crippen molar-refractivity contribution >= 4 is 24.0 Å². The van der Waals surface area contributed by atoms with Crippen LogP contribution in [0.4, 0.5) is 13.6 Å². The molecule has 10 nitrogen and oxygen atoms in total. The number of ether oxygens (including phenoxy) is 4. The van der Waals surface area contributed by atoms with Gasteiger partial charge in [-0.05, 0) is 33.6 Å². The fourth-order valence-electron chi connectivity index (χ4n) is 2.00. The quantitative estimate of drug-likeness (QED) is 0.265. The van der Waals surface area contributed by atoms with Crippen LogP contribution in [0, 0.1) is 11.3 Å². The largest absolute Gasteiger partial charge is 0.425 e. The number of carbonyl (C=O) groups is 4. The van der Waals surface area contributed by atoms with Crippen LogP contribution in [0.25, 0.3) is 0 Å². The van der Waals surface area contributed by atoms with Crippen LogP contribution in [0.1, 0.15) is 61.3 Å². The van der Waals surface area contributed by atoms with Gasteiger partial charge in [0.2, 0.25) is 12.6 Å². The SMILES string of the molecule is CC(OC(=O)NCCCC(N)(C(=O)OC(C)OC(=O)C(C)C)C(F)F)OC(=O)C(C)(C)C. The van der Waals surface area contributed by atoms with Crippen molar-refractivity contribution in [2.45, 2.75) is 85.9 Å². The molecular formula is C20H34F2N2O8. The highest BCUT2D eigenvalue weighted by Crippen LogP contribution is 2.22. The van der Waals surface area contributed by atoms with Crippen molar-refractivity contribution in [1.82, 2.24) is 5.32 Å². The van der Waals surface area contributed by atoms with Gasteiger partial charge in [-0.15, -0.1) is 0 Å². The van der Waals surface area contributed by atoms with Gasteiger partial charge in [0, 0.05) is 20.4 Å². The van der Waals surface area contributed by atoms with Crippen LogP contribution in [0.2, 0.25) is 0 Å². The predicted octanol–water partition coefficient (Wildman–Crippen LogP) is 2.48.